The summed E-state index contributed by atoms with van der Waals surface area (Å²) < 4.78 is 0.976. The molecule has 0 fully saturated rings. The third-order valence-corrected chi connectivity index (χ3v) is 2.99. The van der Waals surface area contributed by atoms with Gasteiger partial charge in [-0.15, -0.1) is 0 Å². The zero-order chi connectivity index (χ0) is 12.1. The first-order valence-electron chi connectivity index (χ1n) is 5.04. The third kappa shape index (κ3) is 3.10. The second-order valence-corrected chi connectivity index (χ2v) is 4.26. The van der Waals surface area contributed by atoms with Gasteiger partial charge in [0.25, 0.3) is 5.91 Å². The van der Waals surface area contributed by atoms with Crippen LogP contribution >= 0.6 is 15.9 Å². The summed E-state index contributed by atoms with van der Waals surface area (Å²) in [5.41, 5.74) is 1.48. The maximum Gasteiger partial charge on any atom is 0.254 e. The van der Waals surface area contributed by atoms with E-state index in [4.69, 9.17) is 0 Å². The zero-order valence-electron chi connectivity index (χ0n) is 8.93. The molecule has 1 heterocycles. The summed E-state index contributed by atoms with van der Waals surface area (Å²) in [5.74, 6) is -0.179. The molecular formula is C12H10BrN3O. The number of rotatable bonds is 3. The summed E-state index contributed by atoms with van der Waals surface area (Å²) in [6.07, 6.45) is 4.37. The molecule has 0 aliphatic rings. The van der Waals surface area contributed by atoms with Crippen LogP contribution in [0.15, 0.2) is 47.5 Å². The number of hydrogen-bond acceptors (Lipinski definition) is 3. The number of halogens is 1. The highest BCUT2D eigenvalue weighted by Gasteiger charge is 2.06. The molecule has 86 valence electrons. The molecule has 0 radical (unpaired) electrons. The molecule has 0 spiro atoms. The van der Waals surface area contributed by atoms with Crippen molar-refractivity contribution in [1.29, 1.82) is 0 Å². The standard InChI is InChI=1S/C12H10BrN3O/c13-11-4-2-1-3-9(11)7-16-12(17)10-5-14-8-15-6-10/h1-6,8H,7H2,(H,16,17). The van der Waals surface area contributed by atoms with E-state index in [1.54, 1.807) is 0 Å². The minimum atomic E-state index is -0.179. The van der Waals surface area contributed by atoms with Crippen molar-refractivity contribution in [3.8, 4) is 0 Å². The highest BCUT2D eigenvalue weighted by molar-refractivity contribution is 9.10. The lowest BCUT2D eigenvalue weighted by atomic mass is 10.2. The first kappa shape index (κ1) is 11.7. The van der Waals surface area contributed by atoms with Gasteiger partial charge in [-0.05, 0) is 11.6 Å². The van der Waals surface area contributed by atoms with E-state index in [-0.39, 0.29) is 5.91 Å². The van der Waals surface area contributed by atoms with Gasteiger partial charge in [0.1, 0.15) is 6.33 Å². The summed E-state index contributed by atoms with van der Waals surface area (Å²) in [6, 6.07) is 7.75. The van der Waals surface area contributed by atoms with Crippen LogP contribution in [0.4, 0.5) is 0 Å². The molecule has 1 aromatic carbocycles. The minimum absolute atomic E-state index is 0.179. The number of hydrogen-bond donors (Lipinski definition) is 1. The Kier molecular flexibility index (Phi) is 3.82. The molecule has 1 N–H and O–H groups in total. The van der Waals surface area contributed by atoms with Gasteiger partial charge in [-0.2, -0.15) is 0 Å². The van der Waals surface area contributed by atoms with Crippen molar-refractivity contribution in [1.82, 2.24) is 15.3 Å². The van der Waals surface area contributed by atoms with E-state index in [1.807, 2.05) is 24.3 Å². The smallest absolute Gasteiger partial charge is 0.254 e. The molecular weight excluding hydrogens is 282 g/mol. The van der Waals surface area contributed by atoms with Crippen LogP contribution in [0.2, 0.25) is 0 Å². The van der Waals surface area contributed by atoms with Crippen LogP contribution < -0.4 is 5.32 Å². The molecule has 17 heavy (non-hydrogen) atoms. The fourth-order valence-corrected chi connectivity index (χ4v) is 1.76. The number of carbonyl (C=O) groups excluding carboxylic acids is 1. The van der Waals surface area contributed by atoms with Gasteiger partial charge in [0.2, 0.25) is 0 Å². The maximum absolute atomic E-state index is 11.7. The van der Waals surface area contributed by atoms with Gasteiger partial charge < -0.3 is 5.32 Å². The molecule has 0 aliphatic carbocycles. The quantitative estimate of drug-likeness (QED) is 0.943. The van der Waals surface area contributed by atoms with Gasteiger partial charge in [-0.1, -0.05) is 34.1 Å². The normalized spacial score (nSPS) is 9.94. The highest BCUT2D eigenvalue weighted by Crippen LogP contribution is 2.15. The zero-order valence-corrected chi connectivity index (χ0v) is 10.5. The van der Waals surface area contributed by atoms with Gasteiger partial charge in [0.15, 0.2) is 0 Å². The Labute approximate surface area is 107 Å². The largest absolute Gasteiger partial charge is 0.348 e. The van der Waals surface area contributed by atoms with Crippen molar-refractivity contribution in [2.75, 3.05) is 0 Å². The summed E-state index contributed by atoms with van der Waals surface area (Å²) in [5, 5.41) is 2.81. The molecule has 2 rings (SSSR count). The first-order chi connectivity index (χ1) is 8.27. The van der Waals surface area contributed by atoms with E-state index in [1.165, 1.54) is 18.7 Å². The summed E-state index contributed by atoms with van der Waals surface area (Å²) >= 11 is 3.43. The van der Waals surface area contributed by atoms with Gasteiger partial charge in [0.05, 0.1) is 5.56 Å². The lowest BCUT2D eigenvalue weighted by Gasteiger charge is -2.06. The van der Waals surface area contributed by atoms with Crippen LogP contribution in [-0.4, -0.2) is 15.9 Å². The molecule has 4 nitrogen and oxygen atoms in total. The van der Waals surface area contributed by atoms with Gasteiger partial charge in [-0.25, -0.2) is 9.97 Å². The fourth-order valence-electron chi connectivity index (χ4n) is 1.34. The Morgan fingerprint density at radius 3 is 2.65 bits per heavy atom. The number of nitrogens with one attached hydrogen (secondary N) is 1. The van der Waals surface area contributed by atoms with Crippen LogP contribution in [0.25, 0.3) is 0 Å². The van der Waals surface area contributed by atoms with Crippen molar-refractivity contribution in [3.63, 3.8) is 0 Å². The number of aromatic nitrogens is 2. The molecule has 0 unspecified atom stereocenters. The van der Waals surface area contributed by atoms with Gasteiger partial charge in [0, 0.05) is 23.4 Å². The molecule has 5 heteroatoms. The van der Waals surface area contributed by atoms with Crippen LogP contribution in [-0.2, 0) is 6.54 Å². The van der Waals surface area contributed by atoms with Crippen molar-refractivity contribution >= 4 is 21.8 Å². The lowest BCUT2D eigenvalue weighted by molar-refractivity contribution is 0.0950. The predicted molar refractivity (Wildman–Crippen MR) is 67.3 cm³/mol. The molecule has 0 bridgehead atoms. The number of benzene rings is 1. The topological polar surface area (TPSA) is 54.9 Å². The van der Waals surface area contributed by atoms with Gasteiger partial charge in [-0.3, -0.25) is 4.79 Å². The van der Waals surface area contributed by atoms with Crippen LogP contribution in [0.1, 0.15) is 15.9 Å². The van der Waals surface area contributed by atoms with Crippen LogP contribution in [0.3, 0.4) is 0 Å². The molecule has 1 aromatic heterocycles. The number of carbonyl (C=O) groups is 1. The minimum Gasteiger partial charge on any atom is -0.348 e. The Balaban J connectivity index is 2.00. The Bertz CT molecular complexity index is 516. The van der Waals surface area contributed by atoms with Crippen molar-refractivity contribution in [3.05, 3.63) is 58.6 Å². The second kappa shape index (κ2) is 5.54. The third-order valence-electron chi connectivity index (χ3n) is 2.22. The molecule has 0 saturated heterocycles. The maximum atomic E-state index is 11.7. The van der Waals surface area contributed by atoms with E-state index in [2.05, 4.69) is 31.2 Å². The van der Waals surface area contributed by atoms with Crippen LogP contribution in [0, 0.1) is 0 Å². The van der Waals surface area contributed by atoms with E-state index < -0.39 is 0 Å². The van der Waals surface area contributed by atoms with Crippen molar-refractivity contribution in [2.45, 2.75) is 6.54 Å². The molecule has 2 aromatic rings. The van der Waals surface area contributed by atoms with E-state index >= 15 is 0 Å². The van der Waals surface area contributed by atoms with E-state index in [0.29, 0.717) is 12.1 Å². The van der Waals surface area contributed by atoms with E-state index in [9.17, 15) is 4.79 Å². The van der Waals surface area contributed by atoms with Gasteiger partial charge >= 0.3 is 0 Å². The lowest BCUT2D eigenvalue weighted by Crippen LogP contribution is -2.23. The monoisotopic (exact) mass is 291 g/mol. The SMILES string of the molecule is O=C(NCc1ccccc1Br)c1cncnc1. The predicted octanol–water partition coefficient (Wildman–Crippen LogP) is 2.17. The average Bonchev–Trinajstić information content (AvgIpc) is 2.38. The fraction of sp³-hybridized carbons (Fsp3) is 0.0833. The summed E-state index contributed by atoms with van der Waals surface area (Å²) in [4.78, 5) is 19.3. The average molecular weight is 292 g/mol. The molecule has 0 atom stereocenters. The summed E-state index contributed by atoms with van der Waals surface area (Å²) in [6.45, 7) is 0.467. The molecule has 1 amide bonds. The number of nitrogens with zero attached hydrogens (tertiary/aromatic N) is 2. The van der Waals surface area contributed by atoms with Crippen molar-refractivity contribution < 1.29 is 4.79 Å². The highest BCUT2D eigenvalue weighted by atomic mass is 79.9. The molecule has 0 saturated carbocycles. The number of amides is 1. The van der Waals surface area contributed by atoms with E-state index in [0.717, 1.165) is 10.0 Å². The Hall–Kier alpha value is -1.75. The summed E-state index contributed by atoms with van der Waals surface area (Å²) in [7, 11) is 0. The van der Waals surface area contributed by atoms with Crippen molar-refractivity contribution in [2.24, 2.45) is 0 Å². The second-order valence-electron chi connectivity index (χ2n) is 3.40. The Morgan fingerprint density at radius 2 is 1.94 bits per heavy atom. The first-order valence-corrected chi connectivity index (χ1v) is 5.83. The molecule has 0 aliphatic heterocycles. The van der Waals surface area contributed by atoms with Crippen LogP contribution in [0.5, 0.6) is 0 Å². The Morgan fingerprint density at radius 1 is 1.24 bits per heavy atom.